The average Bonchev–Trinajstić information content (AvgIpc) is 4.17. The summed E-state index contributed by atoms with van der Waals surface area (Å²) in [5.41, 5.74) is 10.5. The molecule has 0 fully saturated rings. The molecule has 65 heavy (non-hydrogen) atoms. The molecule has 0 saturated heterocycles. The van der Waals surface area contributed by atoms with Crippen LogP contribution in [0.4, 0.5) is 0 Å². The van der Waals surface area contributed by atoms with E-state index in [1.165, 1.54) is 0 Å². The van der Waals surface area contributed by atoms with Crippen molar-refractivity contribution in [1.82, 2.24) is 0 Å². The Morgan fingerprint density at radius 3 is 0.323 bits per heavy atom. The van der Waals surface area contributed by atoms with Crippen LogP contribution in [0, 0.1) is 0 Å². The summed E-state index contributed by atoms with van der Waals surface area (Å²) in [7, 11) is -3.34. The first kappa shape index (κ1) is 45.2. The van der Waals surface area contributed by atoms with Crippen molar-refractivity contribution in [1.29, 1.82) is 0 Å². The standard InChI is InChI=1S/4C12H9O3P.Ni/c4*1-4-10(13-7-1)16(11-5-2-8-14-11)12-6-3-9-15-12;/h4*1-9H;. The van der Waals surface area contributed by atoms with Crippen molar-refractivity contribution < 1.29 is 69.5 Å². The van der Waals surface area contributed by atoms with Crippen molar-refractivity contribution in [2.24, 2.45) is 0 Å². The third-order valence-electron chi connectivity index (χ3n) is 8.72. The summed E-state index contributed by atoms with van der Waals surface area (Å²) >= 11 is 0. The van der Waals surface area contributed by atoms with Crippen LogP contribution in [0.2, 0.25) is 0 Å². The first-order valence-electron chi connectivity index (χ1n) is 19.4. The van der Waals surface area contributed by atoms with Crippen molar-refractivity contribution >= 4 is 97.7 Å². The number of hydrogen-bond acceptors (Lipinski definition) is 12. The molecule has 0 atom stereocenters. The van der Waals surface area contributed by atoms with Gasteiger partial charge in [0, 0.05) is 16.5 Å². The van der Waals surface area contributed by atoms with Crippen LogP contribution in [0.5, 0.6) is 0 Å². The summed E-state index contributed by atoms with van der Waals surface area (Å²) < 4.78 is 65.4. The van der Waals surface area contributed by atoms with Crippen LogP contribution in [0.25, 0.3) is 0 Å². The predicted molar refractivity (Wildman–Crippen MR) is 248 cm³/mol. The SMILES string of the molecule is [Ni].c1coc(P(c2ccco2)c2ccco2)c1.c1coc(P(c2ccco2)c2ccco2)c1.c1coc(P(c2ccco2)c2ccco2)c1.c1coc(P(c2ccco2)c2ccco2)c1. The van der Waals surface area contributed by atoms with Crippen molar-refractivity contribution in [3.05, 3.63) is 221 Å². The van der Waals surface area contributed by atoms with Gasteiger partial charge in [-0.2, -0.15) is 0 Å². The van der Waals surface area contributed by atoms with Gasteiger partial charge < -0.3 is 53.0 Å². The van der Waals surface area contributed by atoms with Crippen LogP contribution in [0.3, 0.4) is 0 Å². The van der Waals surface area contributed by atoms with E-state index in [4.69, 9.17) is 53.0 Å². The smallest absolute Gasteiger partial charge is 0.140 e. The first-order chi connectivity index (χ1) is 31.8. The summed E-state index contributed by atoms with van der Waals surface area (Å²) in [6.45, 7) is 0. The Kier molecular flexibility index (Phi) is 16.0. The molecule has 0 radical (unpaired) electrons. The molecule has 0 N–H and O–H groups in total. The molecular formula is C48H36NiO12P4. The normalized spacial score (nSPS) is 10.9. The van der Waals surface area contributed by atoms with E-state index in [9.17, 15) is 0 Å². The van der Waals surface area contributed by atoms with Gasteiger partial charge in [-0.25, -0.2) is 0 Å². The quantitative estimate of drug-likeness (QED) is 0.0847. The third-order valence-corrected chi connectivity index (χ3v) is 17.1. The molecule has 0 unspecified atom stereocenters. The molecule has 0 aromatic carbocycles. The topological polar surface area (TPSA) is 158 Å². The van der Waals surface area contributed by atoms with Crippen molar-refractivity contribution in [2.45, 2.75) is 0 Å². The van der Waals surface area contributed by atoms with E-state index in [1.54, 1.807) is 75.2 Å². The minimum atomic E-state index is -0.835. The van der Waals surface area contributed by atoms with E-state index in [2.05, 4.69) is 0 Å². The zero-order valence-electron chi connectivity index (χ0n) is 33.8. The second kappa shape index (κ2) is 23.0. The molecular weight excluding hydrogens is 951 g/mol. The van der Waals surface area contributed by atoms with Crippen LogP contribution in [-0.4, -0.2) is 0 Å². The maximum atomic E-state index is 5.45. The van der Waals surface area contributed by atoms with Gasteiger partial charge in [-0.05, 0) is 146 Å². The van der Waals surface area contributed by atoms with E-state index in [0.29, 0.717) is 0 Å². The van der Waals surface area contributed by atoms with Gasteiger partial charge in [-0.3, -0.25) is 0 Å². The zero-order chi connectivity index (χ0) is 43.2. The molecule has 0 spiro atoms. The zero-order valence-corrected chi connectivity index (χ0v) is 38.4. The molecule has 0 saturated carbocycles. The molecule has 12 aromatic rings. The fourth-order valence-corrected chi connectivity index (χ4v) is 13.5. The molecule has 0 aliphatic carbocycles. The average molecular weight is 987 g/mol. The van der Waals surface area contributed by atoms with Gasteiger partial charge in [0.05, 0.1) is 75.2 Å². The molecule has 12 nitrogen and oxygen atoms in total. The van der Waals surface area contributed by atoms with E-state index < -0.39 is 31.7 Å². The Morgan fingerprint density at radius 1 is 0.169 bits per heavy atom. The van der Waals surface area contributed by atoms with Crippen molar-refractivity contribution in [3.63, 3.8) is 0 Å². The van der Waals surface area contributed by atoms with Gasteiger partial charge in [0.25, 0.3) is 0 Å². The molecule has 0 amide bonds. The van der Waals surface area contributed by atoms with Crippen LogP contribution < -0.4 is 66.0 Å². The fraction of sp³-hybridized carbons (Fsp3) is 0. The Hall–Kier alpha value is -6.43. The van der Waals surface area contributed by atoms with E-state index in [1.807, 2.05) is 146 Å². The van der Waals surface area contributed by atoms with Crippen molar-refractivity contribution in [2.75, 3.05) is 0 Å². The van der Waals surface area contributed by atoms with Crippen LogP contribution in [0.15, 0.2) is 274 Å². The second-order valence-corrected chi connectivity index (χ2v) is 20.7. The Labute approximate surface area is 386 Å². The van der Waals surface area contributed by atoms with Crippen molar-refractivity contribution in [3.8, 4) is 0 Å². The minimum Gasteiger partial charge on any atom is -0.464 e. The molecule has 12 heterocycles. The summed E-state index contributed by atoms with van der Waals surface area (Å²) in [6.07, 6.45) is 20.0. The van der Waals surface area contributed by atoms with Gasteiger partial charge in [-0.1, -0.05) is 0 Å². The number of rotatable bonds is 12. The minimum absolute atomic E-state index is 0. The Morgan fingerprint density at radius 2 is 0.262 bits per heavy atom. The van der Waals surface area contributed by atoms with Crippen LogP contribution >= 0.6 is 31.7 Å². The molecule has 0 aliphatic rings. The predicted octanol–water partition coefficient (Wildman–Crippen LogP) is 8.89. The third kappa shape index (κ3) is 11.3. The van der Waals surface area contributed by atoms with Gasteiger partial charge in [0.1, 0.15) is 97.7 Å². The maximum absolute atomic E-state index is 5.45. The molecule has 12 rings (SSSR count). The molecule has 17 heteroatoms. The van der Waals surface area contributed by atoms with E-state index in [-0.39, 0.29) is 16.5 Å². The van der Waals surface area contributed by atoms with Crippen LogP contribution in [-0.2, 0) is 16.5 Å². The second-order valence-electron chi connectivity index (χ2n) is 12.8. The van der Waals surface area contributed by atoms with Crippen LogP contribution in [0.1, 0.15) is 0 Å². The molecule has 0 bridgehead atoms. The van der Waals surface area contributed by atoms with Gasteiger partial charge in [0.2, 0.25) is 0 Å². The molecule has 330 valence electrons. The molecule has 0 aliphatic heterocycles. The fourth-order valence-electron chi connectivity index (χ4n) is 6.07. The summed E-state index contributed by atoms with van der Waals surface area (Å²) in [4.78, 5) is 0. The summed E-state index contributed by atoms with van der Waals surface area (Å²) in [5, 5.41) is 0. The monoisotopic (exact) mass is 986 g/mol. The molecule has 12 aromatic heterocycles. The Bertz CT molecular complexity index is 2180. The number of hydrogen-bond donors (Lipinski definition) is 0. The summed E-state index contributed by atoms with van der Waals surface area (Å²) in [6, 6.07) is 45.8. The van der Waals surface area contributed by atoms with Gasteiger partial charge in [0.15, 0.2) is 0 Å². The Balaban J connectivity index is 0.000000118. The van der Waals surface area contributed by atoms with E-state index in [0.717, 1.165) is 66.0 Å². The first-order valence-corrected chi connectivity index (χ1v) is 24.8. The number of furan rings is 12. The summed E-state index contributed by atoms with van der Waals surface area (Å²) in [5.74, 6) is 0. The largest absolute Gasteiger partial charge is 0.464 e. The maximum Gasteiger partial charge on any atom is 0.140 e. The van der Waals surface area contributed by atoms with Gasteiger partial charge >= 0.3 is 0 Å². The van der Waals surface area contributed by atoms with E-state index >= 15 is 0 Å². The van der Waals surface area contributed by atoms with Gasteiger partial charge in [-0.15, -0.1) is 0 Å².